The average Bonchev–Trinajstić information content (AvgIpc) is 2.95. The van der Waals surface area contributed by atoms with Crippen molar-refractivity contribution < 1.29 is 0 Å². The number of hydrogen-bond donors (Lipinski definition) is 0. The fourth-order valence-electron chi connectivity index (χ4n) is 7.14. The lowest BCUT2D eigenvalue weighted by Crippen LogP contribution is -2.50. The van der Waals surface area contributed by atoms with E-state index < -0.39 is 0 Å². The van der Waals surface area contributed by atoms with E-state index in [1.54, 1.807) is 5.56 Å². The Balaban J connectivity index is 1.46. The summed E-state index contributed by atoms with van der Waals surface area (Å²) in [6.45, 7) is 14.8. The minimum absolute atomic E-state index is 0.442. The summed E-state index contributed by atoms with van der Waals surface area (Å²) in [5.74, 6) is 0.699. The van der Waals surface area contributed by atoms with Gasteiger partial charge in [0.05, 0.1) is 0 Å². The first-order valence-electron chi connectivity index (χ1n) is 12.4. The molecule has 1 heterocycles. The van der Waals surface area contributed by atoms with Crippen molar-refractivity contribution in [2.24, 2.45) is 10.8 Å². The van der Waals surface area contributed by atoms with E-state index in [-0.39, 0.29) is 0 Å². The first kappa shape index (κ1) is 21.2. The molecule has 1 aliphatic heterocycles. The van der Waals surface area contributed by atoms with Gasteiger partial charge in [0, 0.05) is 37.9 Å². The quantitative estimate of drug-likeness (QED) is 0.515. The maximum absolute atomic E-state index is 2.82. The van der Waals surface area contributed by atoms with Crippen LogP contribution in [0.5, 0.6) is 0 Å². The minimum atomic E-state index is 0.442. The zero-order valence-electron chi connectivity index (χ0n) is 19.6. The van der Waals surface area contributed by atoms with Gasteiger partial charge in [-0.3, -0.25) is 4.90 Å². The van der Waals surface area contributed by atoms with Crippen molar-refractivity contribution in [2.75, 3.05) is 31.1 Å². The van der Waals surface area contributed by atoms with Crippen LogP contribution in [-0.4, -0.2) is 37.1 Å². The Labute approximate surface area is 180 Å². The summed E-state index contributed by atoms with van der Waals surface area (Å²) in [5, 5.41) is 0. The maximum Gasteiger partial charge on any atom is 0.0402 e. The molecule has 0 amide bonds. The van der Waals surface area contributed by atoms with Gasteiger partial charge in [0.25, 0.3) is 0 Å². The van der Waals surface area contributed by atoms with Gasteiger partial charge in [0.15, 0.2) is 0 Å². The Kier molecular flexibility index (Phi) is 6.30. The third kappa shape index (κ3) is 5.19. The second kappa shape index (κ2) is 8.61. The van der Waals surface area contributed by atoms with Gasteiger partial charge in [-0.05, 0) is 60.5 Å². The number of piperazine rings is 1. The van der Waals surface area contributed by atoms with Gasteiger partial charge in [0.2, 0.25) is 0 Å². The lowest BCUT2D eigenvalue weighted by molar-refractivity contribution is 0.0969. The fraction of sp³-hybridized carbons (Fsp3) is 0.778. The molecule has 2 heteroatoms. The molecule has 0 spiro atoms. The summed E-state index contributed by atoms with van der Waals surface area (Å²) in [5.41, 5.74) is 4.04. The Morgan fingerprint density at radius 3 is 1.97 bits per heavy atom. The third-order valence-electron chi connectivity index (χ3n) is 7.93. The number of anilines is 1. The molecular weight excluding hydrogens is 352 g/mol. The van der Waals surface area contributed by atoms with Crippen molar-refractivity contribution >= 4 is 5.69 Å². The number of nitrogens with zero attached hydrogens (tertiary/aromatic N) is 2. The molecule has 1 saturated heterocycles. The molecule has 0 aromatic heterocycles. The molecule has 0 radical (unpaired) electrons. The lowest BCUT2D eigenvalue weighted by atomic mass is 9.60. The van der Waals surface area contributed by atoms with Crippen LogP contribution in [0.3, 0.4) is 0 Å². The highest BCUT2D eigenvalue weighted by Gasteiger charge is 2.40. The molecule has 4 rings (SSSR count). The third-order valence-corrected chi connectivity index (χ3v) is 7.93. The Morgan fingerprint density at radius 1 is 0.759 bits per heavy atom. The van der Waals surface area contributed by atoms with E-state index in [9.17, 15) is 0 Å². The lowest BCUT2D eigenvalue weighted by Gasteiger charge is -2.46. The second-order valence-corrected chi connectivity index (χ2v) is 11.8. The largest absolute Gasteiger partial charge is 0.369 e. The van der Waals surface area contributed by atoms with Crippen molar-refractivity contribution in [3.05, 3.63) is 29.8 Å². The van der Waals surface area contributed by atoms with E-state index in [4.69, 9.17) is 0 Å². The molecule has 2 nitrogen and oxygen atoms in total. The van der Waals surface area contributed by atoms with Crippen molar-refractivity contribution in [2.45, 2.75) is 97.4 Å². The van der Waals surface area contributed by atoms with Crippen LogP contribution < -0.4 is 4.90 Å². The monoisotopic (exact) mass is 396 g/mol. The molecule has 0 unspecified atom stereocenters. The van der Waals surface area contributed by atoms with Gasteiger partial charge >= 0.3 is 0 Å². The van der Waals surface area contributed by atoms with Crippen LogP contribution in [0.15, 0.2) is 24.3 Å². The molecular formula is C27H44N2. The SMILES string of the molecule is CC1(C)CC(c2ccccc2N2CCN(C3CCCCCC3)CC2)CC(C)(C)C1. The first-order chi connectivity index (χ1) is 13.8. The molecule has 29 heavy (non-hydrogen) atoms. The highest BCUT2D eigenvalue weighted by molar-refractivity contribution is 5.56. The maximum atomic E-state index is 2.82. The predicted molar refractivity (Wildman–Crippen MR) is 126 cm³/mol. The zero-order chi connectivity index (χ0) is 20.5. The van der Waals surface area contributed by atoms with E-state index in [0.29, 0.717) is 16.7 Å². The average molecular weight is 397 g/mol. The van der Waals surface area contributed by atoms with Crippen LogP contribution in [-0.2, 0) is 0 Å². The van der Waals surface area contributed by atoms with Gasteiger partial charge in [-0.25, -0.2) is 0 Å². The molecule has 0 bridgehead atoms. The molecule has 0 N–H and O–H groups in total. The molecule has 2 saturated carbocycles. The minimum Gasteiger partial charge on any atom is -0.369 e. The van der Waals surface area contributed by atoms with Crippen LogP contribution in [0.4, 0.5) is 5.69 Å². The fourth-order valence-corrected chi connectivity index (χ4v) is 7.14. The molecule has 3 fully saturated rings. The van der Waals surface area contributed by atoms with Crippen molar-refractivity contribution in [1.29, 1.82) is 0 Å². The second-order valence-electron chi connectivity index (χ2n) is 11.8. The van der Waals surface area contributed by atoms with Crippen molar-refractivity contribution in [3.8, 4) is 0 Å². The van der Waals surface area contributed by atoms with Gasteiger partial charge in [-0.15, -0.1) is 0 Å². The van der Waals surface area contributed by atoms with Crippen molar-refractivity contribution in [1.82, 2.24) is 4.90 Å². The molecule has 0 atom stereocenters. The van der Waals surface area contributed by atoms with Gasteiger partial charge in [0.1, 0.15) is 0 Å². The Hall–Kier alpha value is -1.02. The Bertz CT molecular complexity index is 645. The molecule has 1 aromatic rings. The summed E-state index contributed by atoms with van der Waals surface area (Å²) in [7, 11) is 0. The Morgan fingerprint density at radius 2 is 1.34 bits per heavy atom. The summed E-state index contributed by atoms with van der Waals surface area (Å²) in [6, 6.07) is 10.2. The highest BCUT2D eigenvalue weighted by atomic mass is 15.3. The van der Waals surface area contributed by atoms with Crippen LogP contribution in [0.1, 0.15) is 97.0 Å². The molecule has 1 aromatic carbocycles. The smallest absolute Gasteiger partial charge is 0.0402 e. The normalized spacial score (nSPS) is 27.0. The van der Waals surface area contributed by atoms with Crippen LogP contribution in [0.2, 0.25) is 0 Å². The van der Waals surface area contributed by atoms with E-state index in [0.717, 1.165) is 6.04 Å². The van der Waals surface area contributed by atoms with Crippen LogP contribution >= 0.6 is 0 Å². The van der Waals surface area contributed by atoms with Crippen LogP contribution in [0.25, 0.3) is 0 Å². The molecule has 2 aliphatic carbocycles. The van der Waals surface area contributed by atoms with Gasteiger partial charge in [-0.2, -0.15) is 0 Å². The van der Waals surface area contributed by atoms with E-state index in [1.165, 1.54) is 89.7 Å². The van der Waals surface area contributed by atoms with Crippen molar-refractivity contribution in [3.63, 3.8) is 0 Å². The first-order valence-corrected chi connectivity index (χ1v) is 12.4. The summed E-state index contributed by atoms with van der Waals surface area (Å²) >= 11 is 0. The summed E-state index contributed by atoms with van der Waals surface area (Å²) in [4.78, 5) is 5.52. The summed E-state index contributed by atoms with van der Waals surface area (Å²) in [6.07, 6.45) is 12.7. The van der Waals surface area contributed by atoms with Crippen LogP contribution in [0, 0.1) is 10.8 Å². The zero-order valence-corrected chi connectivity index (χ0v) is 19.6. The number of rotatable bonds is 3. The predicted octanol–water partition coefficient (Wildman–Crippen LogP) is 6.85. The number of para-hydroxylation sites is 1. The van der Waals surface area contributed by atoms with E-state index in [1.807, 2.05) is 0 Å². The molecule has 3 aliphatic rings. The standard InChI is InChI=1S/C27H44N2/c1-26(2)19-22(20-27(3,4)21-26)24-13-9-10-14-25(24)29-17-15-28(16-18-29)23-11-7-5-6-8-12-23/h9-10,13-14,22-23H,5-8,11-12,15-21H2,1-4H3. The van der Waals surface area contributed by atoms with Gasteiger partial charge < -0.3 is 4.90 Å². The van der Waals surface area contributed by atoms with Gasteiger partial charge in [-0.1, -0.05) is 71.6 Å². The number of benzene rings is 1. The summed E-state index contributed by atoms with van der Waals surface area (Å²) < 4.78 is 0. The number of hydrogen-bond acceptors (Lipinski definition) is 2. The van der Waals surface area contributed by atoms with E-state index >= 15 is 0 Å². The molecule has 162 valence electrons. The topological polar surface area (TPSA) is 6.48 Å². The highest BCUT2D eigenvalue weighted by Crippen LogP contribution is 2.53. The van der Waals surface area contributed by atoms with E-state index in [2.05, 4.69) is 61.8 Å².